The molecule has 1 fully saturated rings. The first-order valence-electron chi connectivity index (χ1n) is 9.35. The average Bonchev–Trinajstić information content (AvgIpc) is 2.69. The molecule has 0 aliphatic carbocycles. The lowest BCUT2D eigenvalue weighted by Gasteiger charge is -2.34. The Morgan fingerprint density at radius 1 is 1.25 bits per heavy atom. The number of nitrogens with zero attached hydrogens (tertiary/aromatic N) is 1. The highest BCUT2D eigenvalue weighted by Crippen LogP contribution is 2.24. The molecule has 1 heterocycles. The standard InChI is InChI=1S/C21H25N3O4/c1-14(16-9-5-7-15-6-3-4-8-17(15)16)23-19(25)13-24-11-10-22-21(27)18(24)12-20(26)28-2/h3-9,14,18H,10-13H2,1-2H3,(H,22,27)(H,23,25)/t14-,18+/m1/s1. The summed E-state index contributed by atoms with van der Waals surface area (Å²) < 4.78 is 4.67. The van der Waals surface area contributed by atoms with Gasteiger partial charge in [0, 0.05) is 13.1 Å². The van der Waals surface area contributed by atoms with Gasteiger partial charge in [0.15, 0.2) is 0 Å². The summed E-state index contributed by atoms with van der Waals surface area (Å²) in [5.41, 5.74) is 1.04. The Balaban J connectivity index is 1.68. The van der Waals surface area contributed by atoms with Crippen molar-refractivity contribution in [3.05, 3.63) is 48.0 Å². The minimum absolute atomic E-state index is 0.0458. The second kappa shape index (κ2) is 8.84. The zero-order valence-electron chi connectivity index (χ0n) is 16.1. The number of methoxy groups -OCH3 is 1. The summed E-state index contributed by atoms with van der Waals surface area (Å²) in [6, 6.07) is 13.2. The molecule has 0 saturated carbocycles. The Kier molecular flexibility index (Phi) is 6.26. The van der Waals surface area contributed by atoms with Crippen LogP contribution in [0.1, 0.15) is 24.9 Å². The third-order valence-electron chi connectivity index (χ3n) is 5.04. The topological polar surface area (TPSA) is 87.7 Å². The molecule has 1 aliphatic rings. The van der Waals surface area contributed by atoms with Crippen molar-refractivity contribution >= 4 is 28.6 Å². The van der Waals surface area contributed by atoms with Crippen LogP contribution >= 0.6 is 0 Å². The van der Waals surface area contributed by atoms with Gasteiger partial charge in [-0.1, -0.05) is 42.5 Å². The van der Waals surface area contributed by atoms with Crippen molar-refractivity contribution in [2.75, 3.05) is 26.7 Å². The molecule has 28 heavy (non-hydrogen) atoms. The highest BCUT2D eigenvalue weighted by atomic mass is 16.5. The number of amides is 2. The second-order valence-electron chi connectivity index (χ2n) is 6.92. The normalized spacial score (nSPS) is 18.4. The molecule has 3 rings (SSSR count). The van der Waals surface area contributed by atoms with Crippen molar-refractivity contribution in [3.8, 4) is 0 Å². The number of rotatable bonds is 6. The molecule has 2 aromatic rings. The first-order chi connectivity index (χ1) is 13.5. The van der Waals surface area contributed by atoms with Crippen LogP contribution in [0.3, 0.4) is 0 Å². The molecule has 0 aromatic heterocycles. The van der Waals surface area contributed by atoms with E-state index in [1.54, 1.807) is 4.90 Å². The van der Waals surface area contributed by atoms with Gasteiger partial charge in [-0.05, 0) is 23.3 Å². The van der Waals surface area contributed by atoms with Gasteiger partial charge < -0.3 is 15.4 Å². The van der Waals surface area contributed by atoms with Crippen LogP contribution in [0.25, 0.3) is 10.8 Å². The van der Waals surface area contributed by atoms with Crippen molar-refractivity contribution < 1.29 is 19.1 Å². The summed E-state index contributed by atoms with van der Waals surface area (Å²) in [6.07, 6.45) is -0.0749. The van der Waals surface area contributed by atoms with E-state index in [0.717, 1.165) is 16.3 Å². The molecule has 0 unspecified atom stereocenters. The number of ether oxygens (including phenoxy) is 1. The third-order valence-corrected chi connectivity index (χ3v) is 5.04. The monoisotopic (exact) mass is 383 g/mol. The molecular formula is C21H25N3O4. The van der Waals surface area contributed by atoms with Crippen molar-refractivity contribution in [2.45, 2.75) is 25.4 Å². The molecular weight excluding hydrogens is 358 g/mol. The fourth-order valence-corrected chi connectivity index (χ4v) is 3.59. The number of piperazine rings is 1. The summed E-state index contributed by atoms with van der Waals surface area (Å²) in [5, 5.41) is 7.95. The number of hydrogen-bond acceptors (Lipinski definition) is 5. The van der Waals surface area contributed by atoms with Gasteiger partial charge in [0.1, 0.15) is 6.04 Å². The molecule has 2 N–H and O–H groups in total. The largest absolute Gasteiger partial charge is 0.469 e. The first kappa shape index (κ1) is 19.8. The molecule has 1 aliphatic heterocycles. The SMILES string of the molecule is COC(=O)C[C@H]1C(=O)NCCN1CC(=O)N[C@H](C)c1cccc2ccccc12. The van der Waals surface area contributed by atoms with Crippen LogP contribution in [-0.2, 0) is 19.1 Å². The van der Waals surface area contributed by atoms with E-state index in [0.29, 0.717) is 13.1 Å². The Labute approximate surface area is 164 Å². The maximum absolute atomic E-state index is 12.6. The lowest BCUT2D eigenvalue weighted by Crippen LogP contribution is -2.58. The number of fused-ring (bicyclic) bond motifs is 1. The van der Waals surface area contributed by atoms with E-state index >= 15 is 0 Å². The summed E-state index contributed by atoms with van der Waals surface area (Å²) in [5.74, 6) is -0.923. The Bertz CT molecular complexity index is 878. The van der Waals surface area contributed by atoms with Crippen LogP contribution in [-0.4, -0.2) is 55.5 Å². The molecule has 2 amide bonds. The van der Waals surface area contributed by atoms with Gasteiger partial charge in [0.05, 0.1) is 26.1 Å². The fraction of sp³-hybridized carbons (Fsp3) is 0.381. The van der Waals surface area contributed by atoms with Gasteiger partial charge in [-0.15, -0.1) is 0 Å². The summed E-state index contributed by atoms with van der Waals surface area (Å²) >= 11 is 0. The maximum atomic E-state index is 12.6. The molecule has 0 bridgehead atoms. The van der Waals surface area contributed by atoms with Gasteiger partial charge in [0.25, 0.3) is 0 Å². The van der Waals surface area contributed by atoms with E-state index in [9.17, 15) is 14.4 Å². The van der Waals surface area contributed by atoms with Crippen molar-refractivity contribution in [2.24, 2.45) is 0 Å². The van der Waals surface area contributed by atoms with Crippen LogP contribution in [0.4, 0.5) is 0 Å². The Hall–Kier alpha value is -2.93. The van der Waals surface area contributed by atoms with E-state index in [1.807, 2.05) is 49.4 Å². The number of esters is 1. The van der Waals surface area contributed by atoms with E-state index < -0.39 is 12.0 Å². The van der Waals surface area contributed by atoms with Crippen LogP contribution in [0.5, 0.6) is 0 Å². The number of benzene rings is 2. The van der Waals surface area contributed by atoms with Crippen LogP contribution in [0, 0.1) is 0 Å². The summed E-state index contributed by atoms with van der Waals surface area (Å²) in [7, 11) is 1.28. The molecule has 0 radical (unpaired) electrons. The highest BCUT2D eigenvalue weighted by Gasteiger charge is 2.33. The summed E-state index contributed by atoms with van der Waals surface area (Å²) in [4.78, 5) is 38.1. The van der Waals surface area contributed by atoms with Gasteiger partial charge >= 0.3 is 5.97 Å². The molecule has 1 saturated heterocycles. The predicted octanol–water partition coefficient (Wildman–Crippen LogP) is 1.38. The highest BCUT2D eigenvalue weighted by molar-refractivity contribution is 5.89. The van der Waals surface area contributed by atoms with Crippen LogP contribution < -0.4 is 10.6 Å². The Morgan fingerprint density at radius 2 is 2.00 bits per heavy atom. The molecule has 7 nitrogen and oxygen atoms in total. The average molecular weight is 383 g/mol. The summed E-state index contributed by atoms with van der Waals surface area (Å²) in [6.45, 7) is 2.94. The zero-order valence-corrected chi connectivity index (χ0v) is 16.1. The number of carbonyl (C=O) groups is 3. The maximum Gasteiger partial charge on any atom is 0.307 e. The quantitative estimate of drug-likeness (QED) is 0.736. The van der Waals surface area contributed by atoms with Crippen molar-refractivity contribution in [1.29, 1.82) is 0 Å². The van der Waals surface area contributed by atoms with Crippen LogP contribution in [0.2, 0.25) is 0 Å². The minimum Gasteiger partial charge on any atom is -0.469 e. The fourth-order valence-electron chi connectivity index (χ4n) is 3.59. The Morgan fingerprint density at radius 3 is 2.79 bits per heavy atom. The first-order valence-corrected chi connectivity index (χ1v) is 9.35. The number of hydrogen-bond donors (Lipinski definition) is 2. The number of carbonyl (C=O) groups excluding carboxylic acids is 3. The van der Waals surface area contributed by atoms with Crippen molar-refractivity contribution in [1.82, 2.24) is 15.5 Å². The van der Waals surface area contributed by atoms with Gasteiger partial charge in [0.2, 0.25) is 11.8 Å². The van der Waals surface area contributed by atoms with Gasteiger partial charge in [-0.25, -0.2) is 0 Å². The molecule has 0 spiro atoms. The van der Waals surface area contributed by atoms with E-state index in [1.165, 1.54) is 7.11 Å². The van der Waals surface area contributed by atoms with Crippen molar-refractivity contribution in [3.63, 3.8) is 0 Å². The van der Waals surface area contributed by atoms with E-state index in [2.05, 4.69) is 15.4 Å². The lowest BCUT2D eigenvalue weighted by atomic mass is 9.99. The minimum atomic E-state index is -0.695. The van der Waals surface area contributed by atoms with Gasteiger partial charge in [-0.3, -0.25) is 19.3 Å². The molecule has 2 atom stereocenters. The molecule has 7 heteroatoms. The lowest BCUT2D eigenvalue weighted by molar-refractivity contribution is -0.146. The predicted molar refractivity (Wildman–Crippen MR) is 106 cm³/mol. The third kappa shape index (κ3) is 4.48. The van der Waals surface area contributed by atoms with Crippen LogP contribution in [0.15, 0.2) is 42.5 Å². The smallest absolute Gasteiger partial charge is 0.307 e. The van der Waals surface area contributed by atoms with E-state index in [-0.39, 0.29) is 30.8 Å². The molecule has 148 valence electrons. The second-order valence-corrected chi connectivity index (χ2v) is 6.92. The van der Waals surface area contributed by atoms with Gasteiger partial charge in [-0.2, -0.15) is 0 Å². The van der Waals surface area contributed by atoms with E-state index in [4.69, 9.17) is 0 Å². The number of nitrogens with one attached hydrogen (secondary N) is 2. The molecule has 2 aromatic carbocycles. The zero-order chi connectivity index (χ0) is 20.1.